The second kappa shape index (κ2) is 5.16. The van der Waals surface area contributed by atoms with E-state index in [2.05, 4.69) is 0 Å². The molecule has 0 bridgehead atoms. The number of nitrogen functional groups attached to an aromatic ring is 1. The molecular formula is C12H14N2O4. The van der Waals surface area contributed by atoms with Gasteiger partial charge in [-0.1, -0.05) is 12.1 Å². The van der Waals surface area contributed by atoms with E-state index in [-0.39, 0.29) is 19.8 Å². The number of anilines is 1. The van der Waals surface area contributed by atoms with Crippen molar-refractivity contribution in [2.75, 3.05) is 25.5 Å². The first-order valence-corrected chi connectivity index (χ1v) is 5.52. The first kappa shape index (κ1) is 12.5. The predicted molar refractivity (Wildman–Crippen MR) is 63.4 cm³/mol. The highest BCUT2D eigenvalue weighted by molar-refractivity contribution is 5.98. The number of hydrogen-bond donors (Lipinski definition) is 2. The van der Waals surface area contributed by atoms with Gasteiger partial charge < -0.3 is 15.6 Å². The van der Waals surface area contributed by atoms with Crippen LogP contribution in [0.2, 0.25) is 0 Å². The Hall–Kier alpha value is -1.92. The molecule has 3 N–H and O–H groups in total. The Morgan fingerprint density at radius 1 is 1.22 bits per heavy atom. The summed E-state index contributed by atoms with van der Waals surface area (Å²) in [5, 5.41) is 9.97. The molecule has 96 valence electrons. The van der Waals surface area contributed by atoms with Gasteiger partial charge >= 0.3 is 0 Å². The van der Waals surface area contributed by atoms with E-state index < -0.39 is 17.9 Å². The third-order valence-electron chi connectivity index (χ3n) is 2.73. The maximum atomic E-state index is 11.5. The maximum Gasteiger partial charge on any atom is 0.255 e. The summed E-state index contributed by atoms with van der Waals surface area (Å²) in [6.07, 6.45) is -0.920. The lowest BCUT2D eigenvalue weighted by Gasteiger charge is -2.27. The van der Waals surface area contributed by atoms with E-state index in [1.807, 2.05) is 0 Å². The maximum absolute atomic E-state index is 11.5. The number of aliphatic hydroxyl groups excluding tert-OH is 1. The largest absolute Gasteiger partial charge is 0.399 e. The molecule has 2 amide bonds. The monoisotopic (exact) mass is 250 g/mol. The van der Waals surface area contributed by atoms with Crippen LogP contribution in [-0.4, -0.2) is 41.6 Å². The summed E-state index contributed by atoms with van der Waals surface area (Å²) >= 11 is 0. The number of aliphatic hydroxyl groups is 1. The standard InChI is InChI=1S/C12H14N2O4/c13-9-3-1-8(2-4-9)10(15)5-14-11(16)6-18-7-12(14)17/h1-4,10,15H,5-7,13H2. The number of benzene rings is 1. The summed E-state index contributed by atoms with van der Waals surface area (Å²) in [6.45, 7) is -0.314. The Morgan fingerprint density at radius 3 is 2.33 bits per heavy atom. The van der Waals surface area contributed by atoms with E-state index in [1.54, 1.807) is 24.3 Å². The Labute approximate surface area is 104 Å². The van der Waals surface area contributed by atoms with Crippen molar-refractivity contribution in [2.24, 2.45) is 0 Å². The third-order valence-corrected chi connectivity index (χ3v) is 2.73. The van der Waals surface area contributed by atoms with Crippen molar-refractivity contribution in [3.63, 3.8) is 0 Å². The van der Waals surface area contributed by atoms with Gasteiger partial charge in [0.1, 0.15) is 13.2 Å². The zero-order chi connectivity index (χ0) is 13.1. The molecule has 1 heterocycles. The highest BCUT2D eigenvalue weighted by atomic mass is 16.5. The molecule has 18 heavy (non-hydrogen) atoms. The first-order valence-electron chi connectivity index (χ1n) is 5.52. The number of ether oxygens (including phenoxy) is 1. The molecule has 1 aliphatic rings. The molecule has 1 aliphatic heterocycles. The Bertz CT molecular complexity index is 442. The zero-order valence-corrected chi connectivity index (χ0v) is 9.70. The first-order chi connectivity index (χ1) is 8.58. The fourth-order valence-corrected chi connectivity index (χ4v) is 1.72. The molecule has 0 saturated carbocycles. The summed E-state index contributed by atoms with van der Waals surface area (Å²) in [5.74, 6) is -0.860. The van der Waals surface area contributed by atoms with E-state index in [1.165, 1.54) is 0 Å². The van der Waals surface area contributed by atoms with Gasteiger partial charge in [0.2, 0.25) is 0 Å². The van der Waals surface area contributed by atoms with E-state index in [9.17, 15) is 14.7 Å². The number of amides is 2. The molecule has 1 fully saturated rings. The van der Waals surface area contributed by atoms with Gasteiger partial charge in [0.15, 0.2) is 0 Å². The molecule has 1 unspecified atom stereocenters. The molecule has 0 aromatic heterocycles. The van der Waals surface area contributed by atoms with Crippen LogP contribution in [0.15, 0.2) is 24.3 Å². The molecule has 2 rings (SSSR count). The minimum atomic E-state index is -0.920. The van der Waals surface area contributed by atoms with Crippen LogP contribution in [0.3, 0.4) is 0 Å². The summed E-state index contributed by atoms with van der Waals surface area (Å²) in [4.78, 5) is 24.0. The van der Waals surface area contributed by atoms with E-state index in [4.69, 9.17) is 10.5 Å². The Morgan fingerprint density at radius 2 is 1.78 bits per heavy atom. The lowest BCUT2D eigenvalue weighted by atomic mass is 10.1. The summed E-state index contributed by atoms with van der Waals surface area (Å²) in [7, 11) is 0. The number of nitrogens with zero attached hydrogens (tertiary/aromatic N) is 1. The molecule has 6 nitrogen and oxygen atoms in total. The Balaban J connectivity index is 2.06. The van der Waals surface area contributed by atoms with Crippen LogP contribution in [0, 0.1) is 0 Å². The second-order valence-corrected chi connectivity index (χ2v) is 4.07. The molecule has 0 radical (unpaired) electrons. The number of nitrogens with two attached hydrogens (primary N) is 1. The van der Waals surface area contributed by atoms with E-state index in [0.717, 1.165) is 4.90 Å². The molecule has 0 aliphatic carbocycles. The highest BCUT2D eigenvalue weighted by Crippen LogP contribution is 2.17. The number of rotatable bonds is 3. The normalized spacial score (nSPS) is 17.9. The van der Waals surface area contributed by atoms with Gasteiger partial charge in [0.25, 0.3) is 11.8 Å². The topological polar surface area (TPSA) is 92.9 Å². The van der Waals surface area contributed by atoms with Crippen LogP contribution in [-0.2, 0) is 14.3 Å². The van der Waals surface area contributed by atoms with Crippen LogP contribution in [0.4, 0.5) is 5.69 Å². The van der Waals surface area contributed by atoms with Crippen LogP contribution in [0.25, 0.3) is 0 Å². The van der Waals surface area contributed by atoms with Gasteiger partial charge in [-0.25, -0.2) is 0 Å². The molecule has 1 aromatic rings. The number of carbonyl (C=O) groups excluding carboxylic acids is 2. The average molecular weight is 250 g/mol. The van der Waals surface area contributed by atoms with E-state index in [0.29, 0.717) is 11.3 Å². The quantitative estimate of drug-likeness (QED) is 0.567. The van der Waals surface area contributed by atoms with Crippen molar-refractivity contribution in [1.29, 1.82) is 0 Å². The molecular weight excluding hydrogens is 236 g/mol. The molecule has 0 spiro atoms. The molecule has 6 heteroatoms. The molecule has 1 atom stereocenters. The van der Waals surface area contributed by atoms with Crippen LogP contribution in [0.1, 0.15) is 11.7 Å². The number of β-amino-alcohol motifs (C(OH)–C–C–N with tert-alkyl or cyclic N) is 1. The summed E-state index contributed by atoms with van der Waals surface area (Å²) < 4.78 is 4.79. The molecule has 1 aromatic carbocycles. The van der Waals surface area contributed by atoms with Gasteiger partial charge in [0, 0.05) is 5.69 Å². The van der Waals surface area contributed by atoms with Crippen molar-refractivity contribution in [2.45, 2.75) is 6.10 Å². The van der Waals surface area contributed by atoms with Crippen molar-refractivity contribution >= 4 is 17.5 Å². The molecule has 1 saturated heterocycles. The van der Waals surface area contributed by atoms with Crippen molar-refractivity contribution in [1.82, 2.24) is 4.90 Å². The number of carbonyl (C=O) groups is 2. The third kappa shape index (κ3) is 2.66. The average Bonchev–Trinajstić information content (AvgIpc) is 2.34. The number of imide groups is 1. The predicted octanol–water partition coefficient (Wildman–Crippen LogP) is -0.312. The smallest absolute Gasteiger partial charge is 0.255 e. The fraction of sp³-hybridized carbons (Fsp3) is 0.333. The second-order valence-electron chi connectivity index (χ2n) is 4.07. The van der Waals surface area contributed by atoms with Crippen LogP contribution in [0.5, 0.6) is 0 Å². The van der Waals surface area contributed by atoms with Crippen molar-refractivity contribution < 1.29 is 19.4 Å². The van der Waals surface area contributed by atoms with Gasteiger partial charge in [0.05, 0.1) is 12.6 Å². The minimum Gasteiger partial charge on any atom is -0.399 e. The number of morpholine rings is 1. The SMILES string of the molecule is Nc1ccc(C(O)CN2C(=O)COCC2=O)cc1. The zero-order valence-electron chi connectivity index (χ0n) is 9.70. The van der Waals surface area contributed by atoms with E-state index >= 15 is 0 Å². The fourth-order valence-electron chi connectivity index (χ4n) is 1.72. The van der Waals surface area contributed by atoms with Crippen molar-refractivity contribution in [3.05, 3.63) is 29.8 Å². The minimum absolute atomic E-state index is 0.0645. The van der Waals surface area contributed by atoms with Gasteiger partial charge in [-0.15, -0.1) is 0 Å². The Kier molecular flexibility index (Phi) is 3.59. The summed E-state index contributed by atoms with van der Waals surface area (Å²) in [6, 6.07) is 6.63. The van der Waals surface area contributed by atoms with Crippen molar-refractivity contribution in [3.8, 4) is 0 Å². The lowest BCUT2D eigenvalue weighted by Crippen LogP contribution is -2.47. The van der Waals surface area contributed by atoms with Gasteiger partial charge in [-0.05, 0) is 17.7 Å². The lowest BCUT2D eigenvalue weighted by molar-refractivity contribution is -0.160. The van der Waals surface area contributed by atoms with Crippen LogP contribution < -0.4 is 5.73 Å². The van der Waals surface area contributed by atoms with Gasteiger partial charge in [-0.3, -0.25) is 14.5 Å². The van der Waals surface area contributed by atoms with Gasteiger partial charge in [-0.2, -0.15) is 0 Å². The summed E-state index contributed by atoms with van der Waals surface area (Å²) in [5.41, 5.74) is 6.73. The highest BCUT2D eigenvalue weighted by Gasteiger charge is 2.28. The number of hydrogen-bond acceptors (Lipinski definition) is 5. The van der Waals surface area contributed by atoms with Crippen LogP contribution >= 0.6 is 0 Å².